The summed E-state index contributed by atoms with van der Waals surface area (Å²) in [5.41, 5.74) is 2.57. The van der Waals surface area contributed by atoms with E-state index in [-0.39, 0.29) is 11.9 Å². The molecular weight excluding hydrogens is 312 g/mol. The van der Waals surface area contributed by atoms with Crippen LogP contribution in [0.15, 0.2) is 54.6 Å². The predicted octanol–water partition coefficient (Wildman–Crippen LogP) is 3.02. The molecule has 0 bridgehead atoms. The predicted molar refractivity (Wildman–Crippen MR) is 99.6 cm³/mol. The first-order chi connectivity index (χ1) is 12.2. The van der Waals surface area contributed by atoms with Gasteiger partial charge in [-0.15, -0.1) is 0 Å². The molecule has 1 atom stereocenters. The van der Waals surface area contributed by atoms with Gasteiger partial charge in [0, 0.05) is 39.0 Å². The quantitative estimate of drug-likeness (QED) is 0.844. The molecule has 3 rings (SSSR count). The van der Waals surface area contributed by atoms with Crippen LogP contribution >= 0.6 is 0 Å². The lowest BCUT2D eigenvalue weighted by molar-refractivity contribution is -0.119. The molecule has 25 heavy (non-hydrogen) atoms. The molecule has 4 heteroatoms. The van der Waals surface area contributed by atoms with Gasteiger partial charge in [-0.1, -0.05) is 42.5 Å². The van der Waals surface area contributed by atoms with Crippen molar-refractivity contribution in [1.29, 1.82) is 0 Å². The minimum Gasteiger partial charge on any atom is -0.493 e. The largest absolute Gasteiger partial charge is 0.493 e. The number of amides is 1. The number of benzene rings is 2. The van der Waals surface area contributed by atoms with Crippen LogP contribution in [0.4, 0.5) is 0 Å². The van der Waals surface area contributed by atoms with Gasteiger partial charge in [0.1, 0.15) is 5.75 Å². The molecule has 0 radical (unpaired) electrons. The lowest BCUT2D eigenvalue weighted by Gasteiger charge is -2.16. The molecule has 132 valence electrons. The van der Waals surface area contributed by atoms with Gasteiger partial charge in [-0.25, -0.2) is 0 Å². The number of rotatable bonds is 7. The first-order valence-corrected chi connectivity index (χ1v) is 8.94. The topological polar surface area (TPSA) is 41.6 Å². The molecule has 2 aromatic carbocycles. The highest BCUT2D eigenvalue weighted by molar-refractivity contribution is 5.73. The van der Waals surface area contributed by atoms with E-state index in [1.165, 1.54) is 11.1 Å². The van der Waals surface area contributed by atoms with Gasteiger partial charge in [-0.3, -0.25) is 9.69 Å². The third-order valence-corrected chi connectivity index (χ3v) is 4.51. The van der Waals surface area contributed by atoms with Gasteiger partial charge >= 0.3 is 0 Å². The van der Waals surface area contributed by atoms with Gasteiger partial charge in [0.2, 0.25) is 5.91 Å². The molecule has 2 aromatic rings. The van der Waals surface area contributed by atoms with Gasteiger partial charge in [-0.2, -0.15) is 0 Å². The van der Waals surface area contributed by atoms with E-state index < -0.39 is 0 Å². The molecule has 1 aliphatic rings. The maximum atomic E-state index is 11.1. The first-order valence-electron chi connectivity index (χ1n) is 8.94. The molecule has 4 nitrogen and oxygen atoms in total. The smallest absolute Gasteiger partial charge is 0.217 e. The van der Waals surface area contributed by atoms with Crippen molar-refractivity contribution in [3.63, 3.8) is 0 Å². The summed E-state index contributed by atoms with van der Waals surface area (Å²) < 4.78 is 5.83. The van der Waals surface area contributed by atoms with E-state index >= 15 is 0 Å². The first kappa shape index (κ1) is 17.5. The van der Waals surface area contributed by atoms with Crippen LogP contribution < -0.4 is 10.1 Å². The van der Waals surface area contributed by atoms with E-state index in [9.17, 15) is 4.79 Å². The second kappa shape index (κ2) is 8.67. The minimum absolute atomic E-state index is 0.0591. The molecule has 1 unspecified atom stereocenters. The summed E-state index contributed by atoms with van der Waals surface area (Å²) in [5, 5.41) is 3.00. The van der Waals surface area contributed by atoms with Crippen LogP contribution in [0.5, 0.6) is 5.75 Å². The number of carbonyl (C=O) groups excluding carboxylic acids is 1. The van der Waals surface area contributed by atoms with Crippen LogP contribution in [0.1, 0.15) is 24.5 Å². The third-order valence-electron chi connectivity index (χ3n) is 4.51. The summed E-state index contributed by atoms with van der Waals surface area (Å²) in [6.45, 7) is 5.14. The van der Waals surface area contributed by atoms with Crippen molar-refractivity contribution < 1.29 is 9.53 Å². The van der Waals surface area contributed by atoms with Crippen LogP contribution in [0.3, 0.4) is 0 Å². The van der Waals surface area contributed by atoms with Crippen molar-refractivity contribution in [3.8, 4) is 5.75 Å². The number of carbonyl (C=O) groups is 1. The molecule has 0 spiro atoms. The van der Waals surface area contributed by atoms with Gasteiger partial charge < -0.3 is 10.1 Å². The molecule has 0 aliphatic carbocycles. The fourth-order valence-corrected chi connectivity index (χ4v) is 3.26. The Bertz CT molecular complexity index is 670. The van der Waals surface area contributed by atoms with Crippen molar-refractivity contribution in [2.24, 2.45) is 0 Å². The van der Waals surface area contributed by atoms with Gasteiger partial charge in [0.05, 0.1) is 6.61 Å². The Labute approximate surface area is 149 Å². The van der Waals surface area contributed by atoms with Crippen molar-refractivity contribution in [2.45, 2.75) is 32.4 Å². The maximum absolute atomic E-state index is 11.1. The van der Waals surface area contributed by atoms with Crippen molar-refractivity contribution in [1.82, 2.24) is 10.2 Å². The lowest BCUT2D eigenvalue weighted by atomic mass is 10.2. The van der Waals surface area contributed by atoms with Crippen LogP contribution in [0, 0.1) is 0 Å². The Hall–Kier alpha value is -2.33. The molecule has 0 saturated carbocycles. The molecule has 0 aromatic heterocycles. The third kappa shape index (κ3) is 5.61. The average Bonchev–Trinajstić information content (AvgIpc) is 3.03. The van der Waals surface area contributed by atoms with Crippen molar-refractivity contribution >= 4 is 5.91 Å². The monoisotopic (exact) mass is 338 g/mol. The van der Waals surface area contributed by atoms with Gasteiger partial charge in [0.25, 0.3) is 0 Å². The molecule has 1 amide bonds. The minimum atomic E-state index is 0.0591. The molecule has 1 aliphatic heterocycles. The van der Waals surface area contributed by atoms with Gasteiger partial charge in [-0.05, 0) is 29.7 Å². The van der Waals surface area contributed by atoms with Crippen LogP contribution in [-0.4, -0.2) is 36.5 Å². The zero-order valence-corrected chi connectivity index (χ0v) is 14.8. The number of hydrogen-bond donors (Lipinski definition) is 1. The summed E-state index contributed by atoms with van der Waals surface area (Å²) in [6, 6.07) is 19.0. The highest BCUT2D eigenvalue weighted by Gasteiger charge is 2.22. The number of hydrogen-bond acceptors (Lipinski definition) is 3. The van der Waals surface area contributed by atoms with Crippen molar-refractivity contribution in [2.75, 3.05) is 19.7 Å². The molecule has 1 heterocycles. The Kier molecular flexibility index (Phi) is 6.07. The zero-order valence-electron chi connectivity index (χ0n) is 14.8. The summed E-state index contributed by atoms with van der Waals surface area (Å²) in [5.74, 6) is 0.973. The number of nitrogens with zero attached hydrogens (tertiary/aromatic N) is 1. The molecule has 1 saturated heterocycles. The van der Waals surface area contributed by atoms with E-state index in [0.29, 0.717) is 6.61 Å². The van der Waals surface area contributed by atoms with Crippen LogP contribution in [-0.2, 0) is 17.8 Å². The fourth-order valence-electron chi connectivity index (χ4n) is 3.26. The number of likely N-dealkylation sites (tertiary alicyclic amines) is 1. The lowest BCUT2D eigenvalue weighted by Crippen LogP contribution is -2.35. The average molecular weight is 338 g/mol. The van der Waals surface area contributed by atoms with E-state index in [1.54, 1.807) is 6.92 Å². The number of ether oxygens (including phenoxy) is 1. The van der Waals surface area contributed by atoms with Gasteiger partial charge in [0.15, 0.2) is 0 Å². The Morgan fingerprint density at radius 1 is 1.12 bits per heavy atom. The van der Waals surface area contributed by atoms with Crippen molar-refractivity contribution in [3.05, 3.63) is 65.7 Å². The summed E-state index contributed by atoms with van der Waals surface area (Å²) in [7, 11) is 0. The Balaban J connectivity index is 1.42. The standard InChI is InChI=1S/C21H26N2O2/c1-17(24)22-20-11-13-23(16-20)15-19-7-9-21(10-8-19)25-14-12-18-5-3-2-4-6-18/h2-10,20H,11-16H2,1H3,(H,22,24). The summed E-state index contributed by atoms with van der Waals surface area (Å²) in [6.07, 6.45) is 1.95. The van der Waals surface area contributed by atoms with E-state index in [0.717, 1.165) is 38.2 Å². The van der Waals surface area contributed by atoms with E-state index in [1.807, 2.05) is 18.2 Å². The van der Waals surface area contributed by atoms with E-state index in [4.69, 9.17) is 4.74 Å². The molecular formula is C21H26N2O2. The summed E-state index contributed by atoms with van der Waals surface area (Å²) in [4.78, 5) is 13.5. The Morgan fingerprint density at radius 2 is 1.88 bits per heavy atom. The Morgan fingerprint density at radius 3 is 2.60 bits per heavy atom. The van der Waals surface area contributed by atoms with Crippen LogP contribution in [0.25, 0.3) is 0 Å². The maximum Gasteiger partial charge on any atom is 0.217 e. The SMILES string of the molecule is CC(=O)NC1CCN(Cc2ccc(OCCc3ccccc3)cc2)C1. The number of nitrogens with one attached hydrogen (secondary N) is 1. The summed E-state index contributed by atoms with van der Waals surface area (Å²) >= 11 is 0. The second-order valence-corrected chi connectivity index (χ2v) is 6.65. The second-order valence-electron chi connectivity index (χ2n) is 6.65. The highest BCUT2D eigenvalue weighted by Crippen LogP contribution is 2.17. The van der Waals surface area contributed by atoms with Crippen LogP contribution in [0.2, 0.25) is 0 Å². The van der Waals surface area contributed by atoms with E-state index in [2.05, 4.69) is 46.6 Å². The molecule has 1 N–H and O–H groups in total. The highest BCUT2D eigenvalue weighted by atomic mass is 16.5. The zero-order chi connectivity index (χ0) is 17.5. The fraction of sp³-hybridized carbons (Fsp3) is 0.381. The normalized spacial score (nSPS) is 17.4. The molecule has 1 fully saturated rings.